The van der Waals surface area contributed by atoms with Crippen molar-refractivity contribution >= 4 is 11.5 Å². The molecule has 1 rings (SSSR count). The molecular weight excluding hydrogens is 208 g/mol. The Labute approximate surface area is 94.4 Å². The van der Waals surface area contributed by atoms with Crippen LogP contribution >= 0.6 is 0 Å². The molecule has 6 nitrogen and oxygen atoms in total. The first-order valence-electron chi connectivity index (χ1n) is 5.16. The van der Waals surface area contributed by atoms with E-state index in [0.717, 1.165) is 19.6 Å². The summed E-state index contributed by atoms with van der Waals surface area (Å²) in [5.74, 6) is 0.540. The summed E-state index contributed by atoms with van der Waals surface area (Å²) in [6.45, 7) is 4.65. The van der Waals surface area contributed by atoms with E-state index in [-0.39, 0.29) is 5.69 Å². The molecule has 1 N–H and O–H groups in total. The molecule has 0 aromatic carbocycles. The van der Waals surface area contributed by atoms with Gasteiger partial charge in [0.25, 0.3) is 5.69 Å². The van der Waals surface area contributed by atoms with Crippen molar-refractivity contribution in [3.63, 3.8) is 0 Å². The quantitative estimate of drug-likeness (QED) is 0.583. The Balaban J connectivity index is 2.48. The number of rotatable bonds is 6. The highest BCUT2D eigenvalue weighted by Crippen LogP contribution is 2.13. The Morgan fingerprint density at radius 2 is 2.38 bits per heavy atom. The van der Waals surface area contributed by atoms with Gasteiger partial charge < -0.3 is 10.2 Å². The first kappa shape index (κ1) is 12.4. The van der Waals surface area contributed by atoms with Gasteiger partial charge in [-0.25, -0.2) is 4.98 Å². The molecule has 0 amide bonds. The number of pyridine rings is 1. The summed E-state index contributed by atoms with van der Waals surface area (Å²) >= 11 is 0. The van der Waals surface area contributed by atoms with Gasteiger partial charge in [0.05, 0.1) is 11.0 Å². The molecule has 1 aromatic heterocycles. The molecule has 88 valence electrons. The molecule has 0 aliphatic carbocycles. The fraction of sp³-hybridized carbons (Fsp3) is 0.500. The van der Waals surface area contributed by atoms with Gasteiger partial charge in [-0.2, -0.15) is 0 Å². The average molecular weight is 224 g/mol. The minimum absolute atomic E-state index is 0.0568. The van der Waals surface area contributed by atoms with Crippen molar-refractivity contribution in [3.05, 3.63) is 28.4 Å². The lowest BCUT2D eigenvalue weighted by atomic mass is 10.4. The Hall–Kier alpha value is -1.69. The van der Waals surface area contributed by atoms with Crippen molar-refractivity contribution in [1.29, 1.82) is 0 Å². The van der Waals surface area contributed by atoms with Crippen LogP contribution in [0.3, 0.4) is 0 Å². The normalized spacial score (nSPS) is 10.4. The molecule has 0 saturated heterocycles. The third-order valence-electron chi connectivity index (χ3n) is 2.29. The summed E-state index contributed by atoms with van der Waals surface area (Å²) in [6, 6.07) is 2.81. The van der Waals surface area contributed by atoms with Gasteiger partial charge in [-0.05, 0) is 13.6 Å². The zero-order chi connectivity index (χ0) is 12.0. The third-order valence-corrected chi connectivity index (χ3v) is 2.29. The van der Waals surface area contributed by atoms with Crippen LogP contribution in [0.2, 0.25) is 0 Å². The number of nitro groups is 1. The van der Waals surface area contributed by atoms with Gasteiger partial charge in [0, 0.05) is 25.4 Å². The van der Waals surface area contributed by atoms with Crippen molar-refractivity contribution in [2.24, 2.45) is 0 Å². The van der Waals surface area contributed by atoms with Gasteiger partial charge >= 0.3 is 0 Å². The first-order valence-corrected chi connectivity index (χ1v) is 5.16. The second-order valence-corrected chi connectivity index (χ2v) is 3.48. The number of nitrogens with one attached hydrogen (secondary N) is 1. The van der Waals surface area contributed by atoms with Crippen LogP contribution in [0.5, 0.6) is 0 Å². The highest BCUT2D eigenvalue weighted by Gasteiger charge is 2.06. The Morgan fingerprint density at radius 1 is 1.62 bits per heavy atom. The van der Waals surface area contributed by atoms with Crippen LogP contribution in [0.1, 0.15) is 6.92 Å². The molecular formula is C10H16N4O2. The lowest BCUT2D eigenvalue weighted by Crippen LogP contribution is -2.24. The lowest BCUT2D eigenvalue weighted by Gasteiger charge is -2.13. The molecule has 0 saturated carbocycles. The molecule has 0 aliphatic heterocycles. The van der Waals surface area contributed by atoms with Gasteiger partial charge in [0.15, 0.2) is 0 Å². The zero-order valence-corrected chi connectivity index (χ0v) is 9.51. The molecule has 0 atom stereocenters. The molecule has 16 heavy (non-hydrogen) atoms. The standard InChI is InChI=1S/C10H16N4O2/c1-3-13(2)7-6-12-10-8-9(14(15)16)4-5-11-10/h4-5,8H,3,6-7H2,1-2H3,(H,11,12). The minimum Gasteiger partial charge on any atom is -0.369 e. The Kier molecular flexibility index (Phi) is 4.65. The van der Waals surface area contributed by atoms with Crippen LogP contribution in [-0.2, 0) is 0 Å². The predicted octanol–water partition coefficient (Wildman–Crippen LogP) is 1.35. The highest BCUT2D eigenvalue weighted by atomic mass is 16.6. The van der Waals surface area contributed by atoms with Gasteiger partial charge in [-0.3, -0.25) is 10.1 Å². The van der Waals surface area contributed by atoms with Gasteiger partial charge in [0.2, 0.25) is 0 Å². The van der Waals surface area contributed by atoms with Crippen molar-refractivity contribution in [3.8, 4) is 0 Å². The zero-order valence-electron chi connectivity index (χ0n) is 9.51. The molecule has 0 radical (unpaired) electrons. The molecule has 1 heterocycles. The van der Waals surface area contributed by atoms with E-state index in [1.165, 1.54) is 18.3 Å². The monoisotopic (exact) mass is 224 g/mol. The molecule has 0 aliphatic rings. The van der Waals surface area contributed by atoms with Crippen LogP contribution < -0.4 is 5.32 Å². The molecule has 0 unspecified atom stereocenters. The topological polar surface area (TPSA) is 71.3 Å². The maximum absolute atomic E-state index is 10.5. The van der Waals surface area contributed by atoms with Crippen molar-refractivity contribution in [2.45, 2.75) is 6.92 Å². The van der Waals surface area contributed by atoms with E-state index in [1.54, 1.807) is 0 Å². The summed E-state index contributed by atoms with van der Waals surface area (Å²) in [4.78, 5) is 16.3. The molecule has 0 fully saturated rings. The minimum atomic E-state index is -0.426. The fourth-order valence-electron chi connectivity index (χ4n) is 1.16. The number of anilines is 1. The summed E-state index contributed by atoms with van der Waals surface area (Å²) in [5.41, 5.74) is 0.0568. The van der Waals surface area contributed by atoms with Crippen LogP contribution in [0.25, 0.3) is 0 Å². The van der Waals surface area contributed by atoms with E-state index in [9.17, 15) is 10.1 Å². The van der Waals surface area contributed by atoms with E-state index < -0.39 is 4.92 Å². The van der Waals surface area contributed by atoms with Gasteiger partial charge in [-0.1, -0.05) is 6.92 Å². The molecule has 0 bridgehead atoms. The second-order valence-electron chi connectivity index (χ2n) is 3.48. The van der Waals surface area contributed by atoms with Crippen molar-refractivity contribution < 1.29 is 4.92 Å². The second kappa shape index (κ2) is 6.02. The highest BCUT2D eigenvalue weighted by molar-refractivity contribution is 5.44. The largest absolute Gasteiger partial charge is 0.369 e. The van der Waals surface area contributed by atoms with Crippen LogP contribution in [0.15, 0.2) is 18.3 Å². The van der Waals surface area contributed by atoms with Crippen LogP contribution in [-0.4, -0.2) is 41.5 Å². The molecule has 6 heteroatoms. The van der Waals surface area contributed by atoms with Crippen LogP contribution in [0.4, 0.5) is 11.5 Å². The average Bonchev–Trinajstić information content (AvgIpc) is 2.29. The number of hydrogen-bond acceptors (Lipinski definition) is 5. The number of hydrogen-bond donors (Lipinski definition) is 1. The summed E-state index contributed by atoms with van der Waals surface area (Å²) < 4.78 is 0. The Morgan fingerprint density at radius 3 is 3.00 bits per heavy atom. The maximum Gasteiger partial charge on any atom is 0.274 e. The third kappa shape index (κ3) is 3.82. The Bertz CT molecular complexity index is 356. The number of aromatic nitrogens is 1. The van der Waals surface area contributed by atoms with Gasteiger partial charge in [0.1, 0.15) is 5.82 Å². The first-order chi connectivity index (χ1) is 7.63. The SMILES string of the molecule is CCN(C)CCNc1cc([N+](=O)[O-])ccn1. The fourth-order valence-corrected chi connectivity index (χ4v) is 1.16. The number of nitrogens with zero attached hydrogens (tertiary/aromatic N) is 3. The van der Waals surface area contributed by atoms with E-state index in [2.05, 4.69) is 22.1 Å². The van der Waals surface area contributed by atoms with Crippen molar-refractivity contribution in [1.82, 2.24) is 9.88 Å². The van der Waals surface area contributed by atoms with E-state index >= 15 is 0 Å². The van der Waals surface area contributed by atoms with Gasteiger partial charge in [-0.15, -0.1) is 0 Å². The van der Waals surface area contributed by atoms with E-state index in [1.807, 2.05) is 7.05 Å². The van der Waals surface area contributed by atoms with E-state index in [4.69, 9.17) is 0 Å². The number of likely N-dealkylation sites (N-methyl/N-ethyl adjacent to an activating group) is 1. The molecule has 1 aromatic rings. The maximum atomic E-state index is 10.5. The predicted molar refractivity (Wildman–Crippen MR) is 62.6 cm³/mol. The van der Waals surface area contributed by atoms with Crippen molar-refractivity contribution in [2.75, 3.05) is 32.0 Å². The summed E-state index contributed by atoms with van der Waals surface area (Å²) in [6.07, 6.45) is 1.43. The smallest absolute Gasteiger partial charge is 0.274 e. The van der Waals surface area contributed by atoms with E-state index in [0.29, 0.717) is 5.82 Å². The molecule has 0 spiro atoms. The summed E-state index contributed by atoms with van der Waals surface area (Å²) in [7, 11) is 2.02. The lowest BCUT2D eigenvalue weighted by molar-refractivity contribution is -0.384. The van der Waals surface area contributed by atoms with Crippen LogP contribution in [0, 0.1) is 10.1 Å². The summed E-state index contributed by atoms with van der Waals surface area (Å²) in [5, 5.41) is 13.6.